The van der Waals surface area contributed by atoms with Crippen molar-refractivity contribution < 1.29 is 9.18 Å². The molecular weight excluding hydrogens is 209 g/mol. The Morgan fingerprint density at radius 2 is 2.06 bits per heavy atom. The van der Waals surface area contributed by atoms with Crippen LogP contribution in [0, 0.1) is 17.1 Å². The topological polar surface area (TPSA) is 64.9 Å². The molecule has 1 amide bonds. The molecule has 4 nitrogen and oxygen atoms in total. The van der Waals surface area contributed by atoms with Crippen LogP contribution < -0.4 is 10.6 Å². The molecule has 16 heavy (non-hydrogen) atoms. The van der Waals surface area contributed by atoms with Crippen LogP contribution in [-0.2, 0) is 11.3 Å². The van der Waals surface area contributed by atoms with Crippen LogP contribution in [0.15, 0.2) is 24.3 Å². The number of halogens is 1. The summed E-state index contributed by atoms with van der Waals surface area (Å²) >= 11 is 0. The van der Waals surface area contributed by atoms with Crippen LogP contribution in [0.3, 0.4) is 0 Å². The maximum Gasteiger partial charge on any atom is 0.234 e. The van der Waals surface area contributed by atoms with Crippen LogP contribution in [0.2, 0.25) is 0 Å². The van der Waals surface area contributed by atoms with Gasteiger partial charge in [0.05, 0.1) is 12.6 Å². The van der Waals surface area contributed by atoms with E-state index >= 15 is 0 Å². The molecular formula is C11H12FN3O. The van der Waals surface area contributed by atoms with Gasteiger partial charge in [0.2, 0.25) is 5.91 Å². The van der Waals surface area contributed by atoms with Gasteiger partial charge in [-0.15, -0.1) is 0 Å². The number of hydrogen-bond acceptors (Lipinski definition) is 3. The molecule has 0 saturated heterocycles. The largest absolute Gasteiger partial charge is 0.342 e. The zero-order chi connectivity index (χ0) is 11.8. The van der Waals surface area contributed by atoms with Gasteiger partial charge in [0, 0.05) is 6.54 Å². The number of nitrogens with one attached hydrogen (secondary N) is 2. The number of carbonyl (C=O) groups is 1. The number of nitriles is 1. The van der Waals surface area contributed by atoms with Crippen molar-refractivity contribution in [1.29, 1.82) is 5.26 Å². The molecule has 0 aliphatic rings. The fourth-order valence-corrected chi connectivity index (χ4v) is 1.12. The molecule has 0 fully saturated rings. The Hall–Kier alpha value is -1.93. The van der Waals surface area contributed by atoms with Gasteiger partial charge in [0.15, 0.2) is 0 Å². The predicted molar refractivity (Wildman–Crippen MR) is 56.7 cm³/mol. The fraction of sp³-hybridized carbons (Fsp3) is 0.273. The van der Waals surface area contributed by atoms with E-state index in [9.17, 15) is 9.18 Å². The molecule has 2 N–H and O–H groups in total. The van der Waals surface area contributed by atoms with Gasteiger partial charge in [-0.2, -0.15) is 5.26 Å². The Balaban J connectivity index is 2.23. The first kappa shape index (κ1) is 12.1. The van der Waals surface area contributed by atoms with E-state index in [0.717, 1.165) is 5.56 Å². The van der Waals surface area contributed by atoms with Crippen molar-refractivity contribution in [3.05, 3.63) is 35.6 Å². The summed E-state index contributed by atoms with van der Waals surface area (Å²) in [7, 11) is 0. The lowest BCUT2D eigenvalue weighted by atomic mass is 10.2. The summed E-state index contributed by atoms with van der Waals surface area (Å²) in [6.45, 7) is 0.635. The molecule has 0 aliphatic carbocycles. The van der Waals surface area contributed by atoms with Crippen LogP contribution in [-0.4, -0.2) is 19.0 Å². The summed E-state index contributed by atoms with van der Waals surface area (Å²) in [6.07, 6.45) is 0. The lowest BCUT2D eigenvalue weighted by molar-refractivity contribution is -0.120. The van der Waals surface area contributed by atoms with Crippen molar-refractivity contribution in [2.75, 3.05) is 13.1 Å². The number of hydrogen-bond donors (Lipinski definition) is 2. The van der Waals surface area contributed by atoms with Crippen LogP contribution in [0.4, 0.5) is 4.39 Å². The van der Waals surface area contributed by atoms with Crippen LogP contribution in [0.25, 0.3) is 0 Å². The van der Waals surface area contributed by atoms with Crippen LogP contribution >= 0.6 is 0 Å². The number of benzene rings is 1. The van der Waals surface area contributed by atoms with Gasteiger partial charge < -0.3 is 10.6 Å². The van der Waals surface area contributed by atoms with Crippen molar-refractivity contribution in [3.8, 4) is 6.07 Å². The fourth-order valence-electron chi connectivity index (χ4n) is 1.12. The van der Waals surface area contributed by atoms with E-state index in [1.807, 2.05) is 6.07 Å². The lowest BCUT2D eigenvalue weighted by Gasteiger charge is -2.04. The van der Waals surface area contributed by atoms with Crippen molar-refractivity contribution in [3.63, 3.8) is 0 Å². The van der Waals surface area contributed by atoms with E-state index in [1.54, 1.807) is 12.1 Å². The minimum atomic E-state index is -0.282. The highest BCUT2D eigenvalue weighted by Gasteiger charge is 1.99. The van der Waals surface area contributed by atoms with E-state index in [-0.39, 0.29) is 24.8 Å². The molecule has 0 unspecified atom stereocenters. The minimum absolute atomic E-state index is 0.0110. The summed E-state index contributed by atoms with van der Waals surface area (Å²) < 4.78 is 12.6. The Morgan fingerprint density at radius 1 is 1.38 bits per heavy atom. The quantitative estimate of drug-likeness (QED) is 0.714. The molecule has 0 atom stereocenters. The molecule has 0 aliphatic heterocycles. The standard InChI is InChI=1S/C11H12FN3O/c12-10-3-1-9(2-4-10)7-14-8-11(16)15-6-5-13/h1-4,14H,6-8H2,(H,15,16). The van der Waals surface area contributed by atoms with Gasteiger partial charge >= 0.3 is 0 Å². The number of rotatable bonds is 5. The molecule has 0 spiro atoms. The van der Waals surface area contributed by atoms with Crippen LogP contribution in [0.1, 0.15) is 5.56 Å². The van der Waals surface area contributed by atoms with Gasteiger partial charge in [-0.05, 0) is 17.7 Å². The van der Waals surface area contributed by atoms with E-state index < -0.39 is 0 Å². The number of carbonyl (C=O) groups excluding carboxylic acids is 1. The van der Waals surface area contributed by atoms with Crippen molar-refractivity contribution >= 4 is 5.91 Å². The smallest absolute Gasteiger partial charge is 0.234 e. The van der Waals surface area contributed by atoms with E-state index in [4.69, 9.17) is 5.26 Å². The zero-order valence-electron chi connectivity index (χ0n) is 8.66. The highest BCUT2D eigenvalue weighted by molar-refractivity contribution is 5.78. The highest BCUT2D eigenvalue weighted by Crippen LogP contribution is 2.01. The number of nitrogens with zero attached hydrogens (tertiary/aromatic N) is 1. The SMILES string of the molecule is N#CCNC(=O)CNCc1ccc(F)cc1. The number of amides is 1. The van der Waals surface area contributed by atoms with E-state index in [1.165, 1.54) is 12.1 Å². The molecule has 5 heteroatoms. The molecule has 1 aromatic carbocycles. The molecule has 1 aromatic rings. The van der Waals surface area contributed by atoms with Crippen LogP contribution in [0.5, 0.6) is 0 Å². The Kier molecular flexibility index (Phi) is 4.96. The first-order valence-corrected chi connectivity index (χ1v) is 4.81. The first-order chi connectivity index (χ1) is 7.72. The maximum absolute atomic E-state index is 12.6. The Bertz CT molecular complexity index is 383. The summed E-state index contributed by atoms with van der Waals surface area (Å²) in [6, 6.07) is 7.84. The van der Waals surface area contributed by atoms with Gasteiger partial charge in [-0.25, -0.2) is 4.39 Å². The third kappa shape index (κ3) is 4.53. The summed E-state index contributed by atoms with van der Waals surface area (Å²) in [4.78, 5) is 11.1. The lowest BCUT2D eigenvalue weighted by Crippen LogP contribution is -2.33. The third-order valence-electron chi connectivity index (χ3n) is 1.89. The second-order valence-corrected chi connectivity index (χ2v) is 3.16. The molecule has 0 radical (unpaired) electrons. The molecule has 0 bridgehead atoms. The zero-order valence-corrected chi connectivity index (χ0v) is 8.66. The molecule has 0 aromatic heterocycles. The molecule has 1 rings (SSSR count). The third-order valence-corrected chi connectivity index (χ3v) is 1.89. The van der Waals surface area contributed by atoms with Crippen molar-refractivity contribution in [2.24, 2.45) is 0 Å². The van der Waals surface area contributed by atoms with E-state index in [0.29, 0.717) is 6.54 Å². The van der Waals surface area contributed by atoms with Gasteiger partial charge in [-0.3, -0.25) is 4.79 Å². The van der Waals surface area contributed by atoms with E-state index in [2.05, 4.69) is 10.6 Å². The highest BCUT2D eigenvalue weighted by atomic mass is 19.1. The summed E-state index contributed by atoms with van der Waals surface area (Å²) in [5.41, 5.74) is 0.898. The minimum Gasteiger partial charge on any atom is -0.342 e. The summed E-state index contributed by atoms with van der Waals surface area (Å²) in [5, 5.41) is 13.5. The average molecular weight is 221 g/mol. The molecule has 0 heterocycles. The second-order valence-electron chi connectivity index (χ2n) is 3.16. The van der Waals surface area contributed by atoms with Gasteiger partial charge in [0.1, 0.15) is 12.4 Å². The first-order valence-electron chi connectivity index (χ1n) is 4.81. The molecule has 0 saturated carbocycles. The van der Waals surface area contributed by atoms with Gasteiger partial charge in [0.25, 0.3) is 0 Å². The second kappa shape index (κ2) is 6.53. The molecule has 84 valence electrons. The Morgan fingerprint density at radius 3 is 2.69 bits per heavy atom. The average Bonchev–Trinajstić information content (AvgIpc) is 2.29. The predicted octanol–water partition coefficient (Wildman–Crippen LogP) is 0.555. The monoisotopic (exact) mass is 221 g/mol. The maximum atomic E-state index is 12.6. The normalized spacial score (nSPS) is 9.50. The van der Waals surface area contributed by atoms with Gasteiger partial charge in [-0.1, -0.05) is 12.1 Å². The summed E-state index contributed by atoms with van der Waals surface area (Å²) in [5.74, 6) is -0.515. The van der Waals surface area contributed by atoms with Crippen molar-refractivity contribution in [1.82, 2.24) is 10.6 Å². The Labute approximate surface area is 93.1 Å². The van der Waals surface area contributed by atoms with Crippen molar-refractivity contribution in [2.45, 2.75) is 6.54 Å².